The van der Waals surface area contributed by atoms with Crippen molar-refractivity contribution in [2.24, 2.45) is 0 Å². The molecule has 1 aliphatic rings. The lowest BCUT2D eigenvalue weighted by atomic mass is 9.77. The Labute approximate surface area is 125 Å². The molecule has 1 aliphatic heterocycles. The van der Waals surface area contributed by atoms with Gasteiger partial charge in [-0.3, -0.25) is 0 Å². The van der Waals surface area contributed by atoms with Crippen LogP contribution in [0.25, 0.3) is 10.9 Å². The Hall–Kier alpha value is -2.22. The molecule has 2 heteroatoms. The smallest absolute Gasteiger partial charge is 0.0629 e. The van der Waals surface area contributed by atoms with E-state index >= 15 is 0 Å². The second-order valence-corrected chi connectivity index (χ2v) is 6.55. The van der Waals surface area contributed by atoms with E-state index in [2.05, 4.69) is 79.6 Å². The fraction of sp³-hybridized carbons (Fsp3) is 0.263. The molecule has 0 bridgehead atoms. The lowest BCUT2D eigenvalue weighted by Gasteiger charge is -2.28. The van der Waals surface area contributed by atoms with E-state index in [4.69, 9.17) is 0 Å². The number of hydrogen-bond donors (Lipinski definition) is 2. The molecule has 2 nitrogen and oxygen atoms in total. The van der Waals surface area contributed by atoms with Crippen molar-refractivity contribution < 1.29 is 0 Å². The van der Waals surface area contributed by atoms with Crippen LogP contribution in [0.3, 0.4) is 0 Å². The van der Waals surface area contributed by atoms with Crippen LogP contribution >= 0.6 is 0 Å². The molecule has 1 aromatic heterocycles. The largest absolute Gasteiger partial charge is 0.377 e. The van der Waals surface area contributed by atoms with E-state index in [9.17, 15) is 0 Å². The molecule has 2 aromatic carbocycles. The topological polar surface area (TPSA) is 27.8 Å². The van der Waals surface area contributed by atoms with Crippen molar-refractivity contribution in [3.05, 3.63) is 65.4 Å². The number of H-pyrrole nitrogens is 1. The number of anilines is 1. The summed E-state index contributed by atoms with van der Waals surface area (Å²) >= 11 is 0. The van der Waals surface area contributed by atoms with Crippen LogP contribution in [0, 0.1) is 6.92 Å². The molecular formula is C19H20N2. The zero-order chi connectivity index (χ0) is 14.6. The average Bonchev–Trinajstić information content (AvgIpc) is 2.93. The van der Waals surface area contributed by atoms with Gasteiger partial charge in [0.1, 0.15) is 0 Å². The number of rotatable bonds is 1. The first-order valence-electron chi connectivity index (χ1n) is 7.52. The van der Waals surface area contributed by atoms with Crippen LogP contribution in [0.5, 0.6) is 0 Å². The molecule has 106 valence electrons. The zero-order valence-electron chi connectivity index (χ0n) is 12.7. The maximum Gasteiger partial charge on any atom is 0.0629 e. The van der Waals surface area contributed by atoms with Crippen molar-refractivity contribution in [3.8, 4) is 0 Å². The van der Waals surface area contributed by atoms with Crippen LogP contribution in [0.1, 0.15) is 36.7 Å². The van der Waals surface area contributed by atoms with Crippen molar-refractivity contribution in [1.29, 1.82) is 0 Å². The molecule has 0 spiro atoms. The first-order valence-corrected chi connectivity index (χ1v) is 7.52. The highest BCUT2D eigenvalue weighted by Crippen LogP contribution is 2.50. The summed E-state index contributed by atoms with van der Waals surface area (Å²) in [4.78, 5) is 3.53. The lowest BCUT2D eigenvalue weighted by Crippen LogP contribution is -2.25. The Morgan fingerprint density at radius 1 is 0.952 bits per heavy atom. The van der Waals surface area contributed by atoms with E-state index in [1.165, 1.54) is 33.4 Å². The summed E-state index contributed by atoms with van der Waals surface area (Å²) in [5.41, 5.74) is 6.61. The zero-order valence-corrected chi connectivity index (χ0v) is 12.7. The van der Waals surface area contributed by atoms with Crippen LogP contribution in [0.15, 0.2) is 48.5 Å². The SMILES string of the molecule is Cc1[nH]c2ccccc2c1C1Nc2ccccc2C1(C)C. The average molecular weight is 276 g/mol. The molecule has 0 fully saturated rings. The Kier molecular flexibility index (Phi) is 2.47. The maximum atomic E-state index is 3.74. The maximum absolute atomic E-state index is 3.74. The van der Waals surface area contributed by atoms with Gasteiger partial charge in [0.05, 0.1) is 6.04 Å². The summed E-state index contributed by atoms with van der Waals surface area (Å²) in [6.45, 7) is 6.84. The number of fused-ring (bicyclic) bond motifs is 2. The summed E-state index contributed by atoms with van der Waals surface area (Å²) in [6.07, 6.45) is 0. The van der Waals surface area contributed by atoms with Crippen LogP contribution in [0.4, 0.5) is 5.69 Å². The molecule has 4 rings (SSSR count). The summed E-state index contributed by atoms with van der Waals surface area (Å²) in [5, 5.41) is 5.07. The fourth-order valence-corrected chi connectivity index (χ4v) is 3.77. The predicted octanol–water partition coefficient (Wildman–Crippen LogP) is 4.92. The molecule has 1 unspecified atom stereocenters. The molecule has 0 saturated carbocycles. The van der Waals surface area contributed by atoms with E-state index in [0.717, 1.165) is 0 Å². The van der Waals surface area contributed by atoms with E-state index in [-0.39, 0.29) is 5.41 Å². The summed E-state index contributed by atoms with van der Waals surface area (Å²) in [7, 11) is 0. The molecule has 3 aromatic rings. The second kappa shape index (κ2) is 4.14. The van der Waals surface area contributed by atoms with Crippen molar-refractivity contribution in [1.82, 2.24) is 4.98 Å². The highest BCUT2D eigenvalue weighted by molar-refractivity contribution is 5.86. The minimum absolute atomic E-state index is 0.0757. The molecule has 2 N–H and O–H groups in total. The molecule has 0 saturated heterocycles. The third-order valence-corrected chi connectivity index (χ3v) is 4.87. The van der Waals surface area contributed by atoms with Crippen molar-refractivity contribution >= 4 is 16.6 Å². The van der Waals surface area contributed by atoms with Gasteiger partial charge < -0.3 is 10.3 Å². The van der Waals surface area contributed by atoms with E-state index in [1.54, 1.807) is 0 Å². The quantitative estimate of drug-likeness (QED) is 0.648. The minimum Gasteiger partial charge on any atom is -0.377 e. The van der Waals surface area contributed by atoms with E-state index < -0.39 is 0 Å². The molecule has 0 aliphatic carbocycles. The van der Waals surface area contributed by atoms with Gasteiger partial charge in [-0.2, -0.15) is 0 Å². The molecule has 1 atom stereocenters. The van der Waals surface area contributed by atoms with E-state index in [1.807, 2.05) is 0 Å². The molecule has 0 radical (unpaired) electrons. The van der Waals surface area contributed by atoms with Gasteiger partial charge >= 0.3 is 0 Å². The first kappa shape index (κ1) is 12.5. The molecular weight excluding hydrogens is 256 g/mol. The van der Waals surface area contributed by atoms with Gasteiger partial charge in [-0.1, -0.05) is 50.2 Å². The number of benzene rings is 2. The number of hydrogen-bond acceptors (Lipinski definition) is 1. The van der Waals surface area contributed by atoms with Gasteiger partial charge in [-0.05, 0) is 24.6 Å². The monoisotopic (exact) mass is 276 g/mol. The Morgan fingerprint density at radius 3 is 2.48 bits per heavy atom. The molecule has 2 heterocycles. The fourth-order valence-electron chi connectivity index (χ4n) is 3.77. The van der Waals surface area contributed by atoms with Crippen LogP contribution in [-0.4, -0.2) is 4.98 Å². The number of aryl methyl sites for hydroxylation is 1. The summed E-state index contributed by atoms with van der Waals surface area (Å²) in [6, 6.07) is 17.5. The molecule has 0 amide bonds. The minimum atomic E-state index is 0.0757. The van der Waals surface area contributed by atoms with E-state index in [0.29, 0.717) is 6.04 Å². The highest BCUT2D eigenvalue weighted by Gasteiger charge is 2.41. The highest BCUT2D eigenvalue weighted by atomic mass is 15.0. The van der Waals surface area contributed by atoms with Crippen LogP contribution < -0.4 is 5.32 Å². The third kappa shape index (κ3) is 1.65. The Morgan fingerprint density at radius 2 is 1.67 bits per heavy atom. The van der Waals surface area contributed by atoms with Gasteiger partial charge in [0.15, 0.2) is 0 Å². The lowest BCUT2D eigenvalue weighted by molar-refractivity contribution is 0.475. The number of nitrogens with one attached hydrogen (secondary N) is 2. The normalized spacial score (nSPS) is 19.5. The first-order chi connectivity index (χ1) is 10.1. The van der Waals surface area contributed by atoms with Crippen LogP contribution in [0.2, 0.25) is 0 Å². The second-order valence-electron chi connectivity index (χ2n) is 6.55. The van der Waals surface area contributed by atoms with Crippen molar-refractivity contribution in [2.75, 3.05) is 5.32 Å². The predicted molar refractivity (Wildman–Crippen MR) is 88.9 cm³/mol. The third-order valence-electron chi connectivity index (χ3n) is 4.87. The van der Waals surface area contributed by atoms with Gasteiger partial charge in [0.25, 0.3) is 0 Å². The van der Waals surface area contributed by atoms with Gasteiger partial charge in [-0.25, -0.2) is 0 Å². The number of para-hydroxylation sites is 2. The van der Waals surface area contributed by atoms with Crippen LogP contribution in [-0.2, 0) is 5.41 Å². The summed E-state index contributed by atoms with van der Waals surface area (Å²) < 4.78 is 0. The Bertz CT molecular complexity index is 826. The van der Waals surface area contributed by atoms with Crippen molar-refractivity contribution in [3.63, 3.8) is 0 Å². The van der Waals surface area contributed by atoms with Crippen molar-refractivity contribution in [2.45, 2.75) is 32.2 Å². The van der Waals surface area contributed by atoms with Gasteiger partial charge in [0, 0.05) is 33.3 Å². The standard InChI is InChI=1S/C19H20N2/c1-12-17(13-8-4-6-10-15(13)20-12)18-19(2,3)14-9-5-7-11-16(14)21-18/h4-11,18,20-21H,1-3H3. The summed E-state index contributed by atoms with van der Waals surface area (Å²) in [5.74, 6) is 0. The van der Waals surface area contributed by atoms with Gasteiger partial charge in [0.2, 0.25) is 0 Å². The number of aromatic amines is 1. The Balaban J connectivity index is 1.93. The van der Waals surface area contributed by atoms with Gasteiger partial charge in [-0.15, -0.1) is 0 Å². The number of aromatic nitrogens is 1. The molecule has 21 heavy (non-hydrogen) atoms.